The molecule has 4 aliphatic carbocycles. The zero-order valence-corrected chi connectivity index (χ0v) is 16.2. The van der Waals surface area contributed by atoms with Gasteiger partial charge in [-0.05, 0) is 75.5 Å². The molecule has 4 bridgehead atoms. The molecule has 1 atom stereocenters. The summed E-state index contributed by atoms with van der Waals surface area (Å²) in [4.78, 5) is 36.3. The monoisotopic (exact) mass is 364 g/mol. The molecule has 0 radical (unpaired) electrons. The highest BCUT2D eigenvalue weighted by molar-refractivity contribution is 5.97. The van der Waals surface area contributed by atoms with E-state index in [-0.39, 0.29) is 12.0 Å². The molecule has 0 aromatic rings. The van der Waals surface area contributed by atoms with Crippen LogP contribution >= 0.6 is 0 Å². The van der Waals surface area contributed by atoms with E-state index in [1.54, 1.807) is 0 Å². The van der Waals surface area contributed by atoms with Crippen LogP contribution < -0.4 is 10.6 Å². The minimum Gasteiger partial charge on any atom is -0.453 e. The fourth-order valence-corrected chi connectivity index (χ4v) is 5.47. The summed E-state index contributed by atoms with van der Waals surface area (Å²) in [5.74, 6) is 1.60. The molecule has 0 heterocycles. The number of nitrogens with one attached hydrogen (secondary N) is 2. The highest BCUT2D eigenvalue weighted by atomic mass is 16.5. The standard InChI is InChI=1S/C20H32N2O4/c1-12(2)4-5-17(23)26-13(3)18(24)21-19(25)22-20-9-14-6-15(10-20)8-16(7-14)11-20/h12-16H,4-11H2,1-3H3,(H2,21,22,24,25)/t13-,14?,15?,16?,20?/m0/s1. The van der Waals surface area contributed by atoms with Crippen molar-refractivity contribution in [3.05, 3.63) is 0 Å². The van der Waals surface area contributed by atoms with E-state index in [9.17, 15) is 14.4 Å². The van der Waals surface area contributed by atoms with E-state index in [1.807, 2.05) is 13.8 Å². The fraction of sp³-hybridized carbons (Fsp3) is 0.850. The summed E-state index contributed by atoms with van der Waals surface area (Å²) in [6.07, 6.45) is 7.02. The molecule has 3 amide bonds. The zero-order valence-electron chi connectivity index (χ0n) is 16.2. The molecule has 0 saturated heterocycles. The molecule has 4 aliphatic rings. The van der Waals surface area contributed by atoms with Gasteiger partial charge in [-0.2, -0.15) is 0 Å². The van der Waals surface area contributed by atoms with Crippen molar-refractivity contribution in [2.45, 2.75) is 83.8 Å². The largest absolute Gasteiger partial charge is 0.453 e. The summed E-state index contributed by atoms with van der Waals surface area (Å²) in [5, 5.41) is 5.45. The third kappa shape index (κ3) is 4.57. The maximum Gasteiger partial charge on any atom is 0.321 e. The van der Waals surface area contributed by atoms with Gasteiger partial charge in [0.25, 0.3) is 5.91 Å². The van der Waals surface area contributed by atoms with Crippen molar-refractivity contribution in [1.82, 2.24) is 10.6 Å². The first kappa shape index (κ1) is 19.2. The Bertz CT molecular complexity index is 537. The predicted molar refractivity (Wildman–Crippen MR) is 97.2 cm³/mol. The third-order valence-corrected chi connectivity index (χ3v) is 6.26. The molecule has 0 spiro atoms. The first-order valence-corrected chi connectivity index (χ1v) is 10.1. The van der Waals surface area contributed by atoms with Gasteiger partial charge in [0.1, 0.15) is 0 Å². The third-order valence-electron chi connectivity index (χ3n) is 6.26. The number of imide groups is 1. The van der Waals surface area contributed by atoms with Gasteiger partial charge in [0.05, 0.1) is 0 Å². The fourth-order valence-electron chi connectivity index (χ4n) is 5.47. The van der Waals surface area contributed by atoms with E-state index in [0.717, 1.165) is 43.4 Å². The van der Waals surface area contributed by atoms with Crippen LogP contribution in [0.3, 0.4) is 0 Å². The Morgan fingerprint density at radius 1 is 1.00 bits per heavy atom. The van der Waals surface area contributed by atoms with Gasteiger partial charge in [-0.25, -0.2) is 4.79 Å². The summed E-state index contributed by atoms with van der Waals surface area (Å²) in [6, 6.07) is -0.456. The summed E-state index contributed by atoms with van der Waals surface area (Å²) in [5.41, 5.74) is -0.143. The number of esters is 1. The van der Waals surface area contributed by atoms with Gasteiger partial charge >= 0.3 is 12.0 Å². The number of ether oxygens (including phenoxy) is 1. The average molecular weight is 364 g/mol. The number of carbonyl (C=O) groups excluding carboxylic acids is 3. The normalized spacial score (nSPS) is 33.0. The van der Waals surface area contributed by atoms with Crippen LogP contribution in [-0.4, -0.2) is 29.6 Å². The summed E-state index contributed by atoms with van der Waals surface area (Å²) < 4.78 is 5.13. The van der Waals surface area contributed by atoms with Crippen LogP contribution in [0.4, 0.5) is 4.79 Å². The van der Waals surface area contributed by atoms with Crippen LogP contribution in [0.1, 0.15) is 72.1 Å². The zero-order chi connectivity index (χ0) is 18.9. The molecule has 26 heavy (non-hydrogen) atoms. The van der Waals surface area contributed by atoms with Crippen LogP contribution in [0.25, 0.3) is 0 Å². The Morgan fingerprint density at radius 2 is 1.54 bits per heavy atom. The Morgan fingerprint density at radius 3 is 2.04 bits per heavy atom. The SMILES string of the molecule is CC(C)CCC(=O)O[C@@H](C)C(=O)NC(=O)NC12CC3CC(CC(C3)C1)C2. The Labute approximate surface area is 155 Å². The molecule has 6 heteroatoms. The lowest BCUT2D eigenvalue weighted by molar-refractivity contribution is -0.154. The van der Waals surface area contributed by atoms with Crippen molar-refractivity contribution in [3.63, 3.8) is 0 Å². The van der Waals surface area contributed by atoms with Crippen LogP contribution in [0.2, 0.25) is 0 Å². The van der Waals surface area contributed by atoms with E-state index >= 15 is 0 Å². The molecule has 0 unspecified atom stereocenters. The van der Waals surface area contributed by atoms with Crippen LogP contribution in [-0.2, 0) is 14.3 Å². The van der Waals surface area contributed by atoms with Crippen LogP contribution in [0.15, 0.2) is 0 Å². The summed E-state index contributed by atoms with van der Waals surface area (Å²) in [7, 11) is 0. The van der Waals surface area contributed by atoms with E-state index in [4.69, 9.17) is 4.74 Å². The molecule has 4 rings (SSSR count). The molecule has 0 aliphatic heterocycles. The van der Waals surface area contributed by atoms with Crippen LogP contribution in [0.5, 0.6) is 0 Å². The van der Waals surface area contributed by atoms with Crippen LogP contribution in [0, 0.1) is 23.7 Å². The predicted octanol–water partition coefficient (Wildman–Crippen LogP) is 3.15. The minimum absolute atomic E-state index is 0.143. The lowest BCUT2D eigenvalue weighted by Crippen LogP contribution is -2.62. The van der Waals surface area contributed by atoms with Gasteiger partial charge in [0.2, 0.25) is 0 Å². The second-order valence-corrected chi connectivity index (χ2v) is 9.21. The lowest BCUT2D eigenvalue weighted by atomic mass is 9.53. The maximum atomic E-state index is 12.4. The van der Waals surface area contributed by atoms with Crippen molar-refractivity contribution in [1.29, 1.82) is 0 Å². The van der Waals surface area contributed by atoms with Crippen molar-refractivity contribution in [2.75, 3.05) is 0 Å². The van der Waals surface area contributed by atoms with E-state index in [2.05, 4.69) is 10.6 Å². The quantitative estimate of drug-likeness (QED) is 0.709. The van der Waals surface area contributed by atoms with Crippen molar-refractivity contribution >= 4 is 17.9 Å². The molecule has 0 aromatic carbocycles. The number of rotatable bonds is 6. The highest BCUT2D eigenvalue weighted by Gasteiger charge is 2.51. The number of hydrogen-bond acceptors (Lipinski definition) is 4. The maximum absolute atomic E-state index is 12.4. The van der Waals surface area contributed by atoms with E-state index < -0.39 is 24.0 Å². The Hall–Kier alpha value is -1.59. The Kier molecular flexibility index (Phi) is 5.58. The molecular weight excluding hydrogens is 332 g/mol. The number of amides is 3. The second kappa shape index (κ2) is 7.57. The molecule has 0 aromatic heterocycles. The number of urea groups is 1. The molecular formula is C20H32N2O4. The van der Waals surface area contributed by atoms with Gasteiger partial charge in [-0.15, -0.1) is 0 Å². The van der Waals surface area contributed by atoms with Gasteiger partial charge in [0, 0.05) is 12.0 Å². The van der Waals surface area contributed by atoms with Crippen molar-refractivity contribution in [2.24, 2.45) is 23.7 Å². The first-order chi connectivity index (χ1) is 12.2. The molecule has 146 valence electrons. The number of hydrogen-bond donors (Lipinski definition) is 2. The molecule has 2 N–H and O–H groups in total. The number of carbonyl (C=O) groups is 3. The first-order valence-electron chi connectivity index (χ1n) is 10.1. The van der Waals surface area contributed by atoms with Gasteiger partial charge in [-0.1, -0.05) is 13.8 Å². The highest BCUT2D eigenvalue weighted by Crippen LogP contribution is 2.55. The van der Waals surface area contributed by atoms with Gasteiger partial charge in [0.15, 0.2) is 6.10 Å². The van der Waals surface area contributed by atoms with Gasteiger partial charge in [-0.3, -0.25) is 14.9 Å². The summed E-state index contributed by atoms with van der Waals surface area (Å²) in [6.45, 7) is 5.55. The van der Waals surface area contributed by atoms with Crippen molar-refractivity contribution < 1.29 is 19.1 Å². The second-order valence-electron chi connectivity index (χ2n) is 9.21. The van der Waals surface area contributed by atoms with Crippen molar-refractivity contribution in [3.8, 4) is 0 Å². The van der Waals surface area contributed by atoms with Gasteiger partial charge < -0.3 is 10.1 Å². The molecule has 4 fully saturated rings. The minimum atomic E-state index is -0.961. The van der Waals surface area contributed by atoms with E-state index in [1.165, 1.54) is 26.2 Å². The topological polar surface area (TPSA) is 84.5 Å². The Balaban J connectivity index is 1.46. The summed E-state index contributed by atoms with van der Waals surface area (Å²) >= 11 is 0. The average Bonchev–Trinajstić information content (AvgIpc) is 2.50. The van der Waals surface area contributed by atoms with E-state index in [0.29, 0.717) is 5.92 Å². The molecule has 4 saturated carbocycles. The molecule has 6 nitrogen and oxygen atoms in total. The smallest absolute Gasteiger partial charge is 0.321 e. The lowest BCUT2D eigenvalue weighted by Gasteiger charge is -2.56.